The zero-order valence-corrected chi connectivity index (χ0v) is 16.3. The fraction of sp³-hybridized carbons (Fsp3) is 0.364. The first-order chi connectivity index (χ1) is 13.9. The van der Waals surface area contributed by atoms with Gasteiger partial charge in [0.25, 0.3) is 0 Å². The third kappa shape index (κ3) is 3.16. The van der Waals surface area contributed by atoms with E-state index in [1.807, 2.05) is 36.4 Å². The molecule has 1 aliphatic carbocycles. The van der Waals surface area contributed by atoms with Crippen LogP contribution in [0, 0.1) is 18.8 Å². The third-order valence-electron chi connectivity index (χ3n) is 5.79. The second-order valence-corrected chi connectivity index (χ2v) is 7.58. The fourth-order valence-corrected chi connectivity index (χ4v) is 4.28. The molecule has 29 heavy (non-hydrogen) atoms. The number of para-hydroxylation sites is 1. The van der Waals surface area contributed by atoms with Crippen LogP contribution in [0.15, 0.2) is 36.4 Å². The highest BCUT2D eigenvalue weighted by Crippen LogP contribution is 2.36. The smallest absolute Gasteiger partial charge is 0.329 e. The molecule has 1 aromatic carbocycles. The van der Waals surface area contributed by atoms with E-state index in [4.69, 9.17) is 4.74 Å². The summed E-state index contributed by atoms with van der Waals surface area (Å²) in [5, 5.41) is 0.764. The summed E-state index contributed by atoms with van der Waals surface area (Å²) in [6.45, 7) is 2.80. The minimum absolute atomic E-state index is 0.336. The lowest BCUT2D eigenvalue weighted by Gasteiger charge is -2.21. The molecule has 2 aromatic rings. The second-order valence-electron chi connectivity index (χ2n) is 7.58. The summed E-state index contributed by atoms with van der Waals surface area (Å²) < 4.78 is 5.19. The average molecular weight is 394 g/mol. The molecule has 3 atom stereocenters. The Morgan fingerprint density at radius 2 is 1.76 bits per heavy atom. The molecule has 1 N–H and O–H groups in total. The van der Waals surface area contributed by atoms with Gasteiger partial charge in [-0.2, -0.15) is 0 Å². The number of H-pyrrole nitrogens is 1. The number of esters is 1. The van der Waals surface area contributed by atoms with Gasteiger partial charge in [-0.25, -0.2) is 4.79 Å². The molecule has 7 nitrogen and oxygen atoms in total. The maximum Gasteiger partial charge on any atom is 0.329 e. The summed E-state index contributed by atoms with van der Waals surface area (Å²) in [7, 11) is 0. The van der Waals surface area contributed by atoms with Gasteiger partial charge >= 0.3 is 5.97 Å². The Morgan fingerprint density at radius 3 is 2.41 bits per heavy atom. The first-order valence-corrected chi connectivity index (χ1v) is 9.69. The Balaban J connectivity index is 1.44. The molecule has 2 aliphatic rings. The van der Waals surface area contributed by atoms with E-state index in [-0.39, 0.29) is 17.6 Å². The van der Waals surface area contributed by atoms with Gasteiger partial charge in [0.2, 0.25) is 17.6 Å². The number of imide groups is 1. The van der Waals surface area contributed by atoms with Crippen LogP contribution in [-0.4, -0.2) is 46.1 Å². The molecule has 2 amide bonds. The number of carbonyl (C=O) groups excluding carboxylic acids is 4. The molecular formula is C22H22N2O5. The standard InChI is InChI=1S/C22H22N2O5/c1-12-19(16-9-5-6-10-17(16)23-12)18(25)11-29-22(28)13(2)24-20(26)14-7-3-4-8-15(14)21(24)27/h3-6,9-10,13-15,23H,7-8,11H2,1-2H3/t13-,14-,15+/m0/s1. The van der Waals surface area contributed by atoms with Gasteiger partial charge < -0.3 is 9.72 Å². The number of ether oxygens (including phenoxy) is 1. The minimum Gasteiger partial charge on any atom is -0.456 e. The molecule has 0 spiro atoms. The van der Waals surface area contributed by atoms with Crippen molar-refractivity contribution in [1.82, 2.24) is 9.88 Å². The molecule has 1 aromatic heterocycles. The van der Waals surface area contributed by atoms with Crippen molar-refractivity contribution < 1.29 is 23.9 Å². The predicted molar refractivity (Wildman–Crippen MR) is 105 cm³/mol. The van der Waals surface area contributed by atoms with Crippen molar-refractivity contribution in [2.24, 2.45) is 11.8 Å². The van der Waals surface area contributed by atoms with Gasteiger partial charge in [0.15, 0.2) is 6.61 Å². The van der Waals surface area contributed by atoms with Crippen molar-refractivity contribution in [3.63, 3.8) is 0 Å². The molecule has 0 bridgehead atoms. The van der Waals surface area contributed by atoms with E-state index in [1.165, 1.54) is 6.92 Å². The maximum atomic E-state index is 12.7. The molecular weight excluding hydrogens is 372 g/mol. The summed E-state index contributed by atoms with van der Waals surface area (Å²) in [6.07, 6.45) is 4.79. The lowest BCUT2D eigenvalue weighted by atomic mass is 9.85. The van der Waals surface area contributed by atoms with Crippen LogP contribution >= 0.6 is 0 Å². The average Bonchev–Trinajstić information content (AvgIpc) is 3.19. The zero-order valence-electron chi connectivity index (χ0n) is 16.3. The van der Waals surface area contributed by atoms with Gasteiger partial charge in [0.05, 0.1) is 11.8 Å². The topological polar surface area (TPSA) is 96.5 Å². The van der Waals surface area contributed by atoms with Gasteiger partial charge in [-0.3, -0.25) is 19.3 Å². The van der Waals surface area contributed by atoms with Crippen LogP contribution in [0.5, 0.6) is 0 Å². The number of allylic oxidation sites excluding steroid dienone is 2. The molecule has 0 unspecified atom stereocenters. The largest absolute Gasteiger partial charge is 0.456 e. The van der Waals surface area contributed by atoms with Gasteiger partial charge in [0.1, 0.15) is 6.04 Å². The number of hydrogen-bond acceptors (Lipinski definition) is 5. The summed E-state index contributed by atoms with van der Waals surface area (Å²) in [4.78, 5) is 54.5. The van der Waals surface area contributed by atoms with Gasteiger partial charge in [0, 0.05) is 22.2 Å². The van der Waals surface area contributed by atoms with Crippen molar-refractivity contribution in [2.45, 2.75) is 32.7 Å². The van der Waals surface area contributed by atoms with Crippen LogP contribution in [0.4, 0.5) is 0 Å². The predicted octanol–water partition coefficient (Wildman–Crippen LogP) is 2.54. The molecule has 2 heterocycles. The number of amides is 2. The molecule has 0 saturated carbocycles. The number of aromatic nitrogens is 1. The molecule has 150 valence electrons. The normalized spacial score (nSPS) is 22.1. The zero-order chi connectivity index (χ0) is 20.7. The number of carbonyl (C=O) groups is 4. The highest BCUT2D eigenvalue weighted by Gasteiger charge is 2.50. The Hall–Kier alpha value is -3.22. The van der Waals surface area contributed by atoms with Gasteiger partial charge in [-0.15, -0.1) is 0 Å². The number of rotatable bonds is 5. The Kier molecular flexibility index (Phi) is 4.82. The van der Waals surface area contributed by atoms with E-state index in [9.17, 15) is 19.2 Å². The van der Waals surface area contributed by atoms with E-state index in [2.05, 4.69) is 4.98 Å². The number of Topliss-reactive ketones (excluding diaryl/α,β-unsaturated/α-hetero) is 1. The number of nitrogens with zero attached hydrogens (tertiary/aromatic N) is 1. The highest BCUT2D eigenvalue weighted by molar-refractivity contribution is 6.11. The van der Waals surface area contributed by atoms with Crippen LogP contribution in [0.25, 0.3) is 10.9 Å². The van der Waals surface area contributed by atoms with E-state index < -0.39 is 30.5 Å². The quantitative estimate of drug-likeness (QED) is 0.364. The first kappa shape index (κ1) is 19.1. The monoisotopic (exact) mass is 394 g/mol. The second kappa shape index (κ2) is 7.31. The number of aryl methyl sites for hydroxylation is 1. The molecule has 0 radical (unpaired) electrons. The number of nitrogens with one attached hydrogen (secondary N) is 1. The lowest BCUT2D eigenvalue weighted by molar-refractivity contribution is -0.157. The van der Waals surface area contributed by atoms with Gasteiger partial charge in [-0.1, -0.05) is 30.4 Å². The van der Waals surface area contributed by atoms with Crippen LogP contribution < -0.4 is 0 Å². The van der Waals surface area contributed by atoms with Crippen molar-refractivity contribution in [2.75, 3.05) is 6.61 Å². The van der Waals surface area contributed by atoms with Crippen LogP contribution in [0.3, 0.4) is 0 Å². The Labute approximate surface area is 167 Å². The number of benzene rings is 1. The highest BCUT2D eigenvalue weighted by atomic mass is 16.5. The van der Waals surface area contributed by atoms with Crippen molar-refractivity contribution in [3.8, 4) is 0 Å². The molecule has 1 aliphatic heterocycles. The van der Waals surface area contributed by atoms with Crippen molar-refractivity contribution in [3.05, 3.63) is 47.7 Å². The summed E-state index contributed by atoms with van der Waals surface area (Å²) in [6, 6.07) is 6.34. The van der Waals surface area contributed by atoms with E-state index in [0.29, 0.717) is 24.1 Å². The van der Waals surface area contributed by atoms with Crippen LogP contribution in [-0.2, 0) is 19.1 Å². The summed E-state index contributed by atoms with van der Waals surface area (Å²) in [5.41, 5.74) is 2.01. The van der Waals surface area contributed by atoms with Crippen LogP contribution in [0.2, 0.25) is 0 Å². The van der Waals surface area contributed by atoms with E-state index in [1.54, 1.807) is 6.92 Å². The number of fused-ring (bicyclic) bond motifs is 2. The SMILES string of the molecule is Cc1[nH]c2ccccc2c1C(=O)COC(=O)[C@H](C)N1C(=O)[C@H]2CC=CC[C@H]2C1=O. The molecule has 7 heteroatoms. The number of hydrogen-bond donors (Lipinski definition) is 1. The van der Waals surface area contributed by atoms with Crippen LogP contribution in [0.1, 0.15) is 35.8 Å². The first-order valence-electron chi connectivity index (χ1n) is 9.69. The fourth-order valence-electron chi connectivity index (χ4n) is 4.28. The number of likely N-dealkylation sites (tertiary alicyclic amines) is 1. The lowest BCUT2D eigenvalue weighted by Crippen LogP contribution is -2.44. The van der Waals surface area contributed by atoms with E-state index in [0.717, 1.165) is 15.8 Å². The minimum atomic E-state index is -1.06. The van der Waals surface area contributed by atoms with Crippen molar-refractivity contribution in [1.29, 1.82) is 0 Å². The number of aromatic amines is 1. The number of ketones is 1. The third-order valence-corrected chi connectivity index (χ3v) is 5.79. The Morgan fingerprint density at radius 1 is 1.14 bits per heavy atom. The Bertz CT molecular complexity index is 1020. The van der Waals surface area contributed by atoms with Gasteiger partial charge in [-0.05, 0) is 32.8 Å². The molecule has 1 saturated heterocycles. The summed E-state index contributed by atoms with van der Waals surface area (Å²) >= 11 is 0. The summed E-state index contributed by atoms with van der Waals surface area (Å²) in [5.74, 6) is -2.58. The molecule has 4 rings (SSSR count). The molecule has 1 fully saturated rings. The maximum absolute atomic E-state index is 12.7. The van der Waals surface area contributed by atoms with E-state index >= 15 is 0 Å². The van der Waals surface area contributed by atoms with Crippen molar-refractivity contribution >= 4 is 34.5 Å².